The number of nitrogens with zero attached hydrogens (tertiary/aromatic N) is 2. The number of rotatable bonds is 6. The molecule has 3 aromatic carbocycles. The third-order valence-corrected chi connectivity index (χ3v) is 6.10. The quantitative estimate of drug-likeness (QED) is 0.240. The zero-order chi connectivity index (χ0) is 26.3. The van der Waals surface area contributed by atoms with Crippen molar-refractivity contribution in [2.24, 2.45) is 0 Å². The monoisotopic (exact) mass is 500 g/mol. The summed E-state index contributed by atoms with van der Waals surface area (Å²) < 4.78 is 35.3. The Morgan fingerprint density at radius 2 is 1.78 bits per heavy atom. The Balaban J connectivity index is 1.41. The molecule has 2 heterocycles. The second kappa shape index (κ2) is 9.34. The van der Waals surface area contributed by atoms with Gasteiger partial charge in [0, 0.05) is 23.2 Å². The fraction of sp³-hybridized carbons (Fsp3) is 0.107. The second-order valence-electron chi connectivity index (χ2n) is 8.77. The number of Topliss-reactive ketones (excluding diaryl/α,β-unsaturated/α-hetero) is 1. The van der Waals surface area contributed by atoms with Crippen LogP contribution in [0.3, 0.4) is 0 Å². The summed E-state index contributed by atoms with van der Waals surface area (Å²) in [7, 11) is 0. The summed E-state index contributed by atoms with van der Waals surface area (Å²) in [5.41, 5.74) is 8.46. The zero-order valence-electron chi connectivity index (χ0n) is 20.0. The average molecular weight is 501 g/mol. The van der Waals surface area contributed by atoms with Gasteiger partial charge in [-0.15, -0.1) is 0 Å². The van der Waals surface area contributed by atoms with Gasteiger partial charge in [-0.25, -0.2) is 8.78 Å². The zero-order valence-corrected chi connectivity index (χ0v) is 20.0. The lowest BCUT2D eigenvalue weighted by Gasteiger charge is -2.14. The van der Waals surface area contributed by atoms with Gasteiger partial charge in [-0.05, 0) is 79.6 Å². The lowest BCUT2D eigenvalue weighted by atomic mass is 9.99. The maximum absolute atomic E-state index is 14.9. The van der Waals surface area contributed by atoms with E-state index in [-0.39, 0.29) is 23.5 Å². The standard InChI is InChI=1S/C28H22F2N4O3/c1-15-9-16(2)34(20-6-4-19(29)5-7-20)28(36)27(15)24(35)11-17-3-8-25(21(30)10-17)37-26-12-18-14-32-33-23(18)13-22(26)31/h3-10,12-14H,11,31H2,1-2H3,(H,32,33). The molecular weight excluding hydrogens is 478 g/mol. The van der Waals surface area contributed by atoms with Gasteiger partial charge in [0.25, 0.3) is 5.56 Å². The molecule has 0 aliphatic carbocycles. The maximum atomic E-state index is 14.9. The van der Waals surface area contributed by atoms with E-state index in [1.807, 2.05) is 0 Å². The number of anilines is 1. The Kier molecular flexibility index (Phi) is 6.04. The fourth-order valence-electron chi connectivity index (χ4n) is 4.35. The molecule has 7 nitrogen and oxygen atoms in total. The number of carbonyl (C=O) groups excluding carboxylic acids is 1. The number of fused-ring (bicyclic) bond motifs is 1. The van der Waals surface area contributed by atoms with Crippen molar-refractivity contribution >= 4 is 22.4 Å². The molecule has 186 valence electrons. The average Bonchev–Trinajstić information content (AvgIpc) is 3.29. The molecule has 0 radical (unpaired) electrons. The van der Waals surface area contributed by atoms with Gasteiger partial charge in [0.05, 0.1) is 23.0 Å². The van der Waals surface area contributed by atoms with E-state index < -0.39 is 23.0 Å². The lowest BCUT2D eigenvalue weighted by molar-refractivity contribution is 0.0990. The summed E-state index contributed by atoms with van der Waals surface area (Å²) in [6, 6.07) is 14.6. The number of halogens is 2. The molecule has 0 amide bonds. The molecule has 9 heteroatoms. The first kappa shape index (κ1) is 23.9. The minimum Gasteiger partial charge on any atom is -0.452 e. The molecule has 0 atom stereocenters. The molecule has 0 spiro atoms. The van der Waals surface area contributed by atoms with Crippen molar-refractivity contribution in [1.29, 1.82) is 0 Å². The number of hydrogen-bond donors (Lipinski definition) is 2. The van der Waals surface area contributed by atoms with Gasteiger partial charge in [-0.1, -0.05) is 6.07 Å². The molecule has 5 rings (SSSR count). The summed E-state index contributed by atoms with van der Waals surface area (Å²) in [6.07, 6.45) is 1.41. The van der Waals surface area contributed by atoms with Crippen LogP contribution in [0.2, 0.25) is 0 Å². The number of aromatic amines is 1. The molecule has 0 saturated carbocycles. The van der Waals surface area contributed by atoms with E-state index in [1.54, 1.807) is 44.3 Å². The van der Waals surface area contributed by atoms with E-state index in [2.05, 4.69) is 10.2 Å². The van der Waals surface area contributed by atoms with Crippen LogP contribution in [0.25, 0.3) is 16.6 Å². The predicted molar refractivity (Wildman–Crippen MR) is 136 cm³/mol. The Morgan fingerprint density at radius 1 is 1.03 bits per heavy atom. The Bertz CT molecular complexity index is 1720. The number of benzene rings is 3. The number of H-pyrrole nitrogens is 1. The van der Waals surface area contributed by atoms with Crippen molar-refractivity contribution in [3.63, 3.8) is 0 Å². The lowest BCUT2D eigenvalue weighted by Crippen LogP contribution is -2.29. The highest BCUT2D eigenvalue weighted by molar-refractivity contribution is 5.98. The number of pyridine rings is 1. The van der Waals surface area contributed by atoms with Crippen molar-refractivity contribution in [2.45, 2.75) is 20.3 Å². The van der Waals surface area contributed by atoms with E-state index in [0.29, 0.717) is 28.2 Å². The highest BCUT2D eigenvalue weighted by atomic mass is 19.1. The van der Waals surface area contributed by atoms with Crippen molar-refractivity contribution in [3.8, 4) is 17.2 Å². The smallest absolute Gasteiger partial charge is 0.266 e. The first-order valence-corrected chi connectivity index (χ1v) is 11.4. The molecule has 0 fully saturated rings. The van der Waals surface area contributed by atoms with Crippen molar-refractivity contribution < 1.29 is 18.3 Å². The van der Waals surface area contributed by atoms with Gasteiger partial charge in [-0.2, -0.15) is 5.10 Å². The van der Waals surface area contributed by atoms with Crippen molar-refractivity contribution in [2.75, 3.05) is 5.73 Å². The van der Waals surface area contributed by atoms with Crippen LogP contribution in [0, 0.1) is 25.5 Å². The number of ketones is 1. The molecule has 0 unspecified atom stereocenters. The predicted octanol–water partition coefficient (Wildman–Crippen LogP) is 5.41. The minimum absolute atomic E-state index is 0.00292. The number of carbonyl (C=O) groups is 1. The van der Waals surface area contributed by atoms with Crippen LogP contribution in [0.5, 0.6) is 11.5 Å². The van der Waals surface area contributed by atoms with Gasteiger partial charge in [0.1, 0.15) is 5.82 Å². The van der Waals surface area contributed by atoms with Gasteiger partial charge in [0.2, 0.25) is 0 Å². The van der Waals surface area contributed by atoms with Gasteiger partial charge in [-0.3, -0.25) is 19.3 Å². The van der Waals surface area contributed by atoms with E-state index >= 15 is 0 Å². The van der Waals surface area contributed by atoms with Crippen LogP contribution < -0.4 is 16.0 Å². The molecule has 0 saturated heterocycles. The molecule has 2 aromatic heterocycles. The van der Waals surface area contributed by atoms with Crippen molar-refractivity contribution in [1.82, 2.24) is 14.8 Å². The van der Waals surface area contributed by atoms with Gasteiger partial charge in [0.15, 0.2) is 23.1 Å². The first-order chi connectivity index (χ1) is 17.7. The number of aromatic nitrogens is 3. The van der Waals surface area contributed by atoms with E-state index in [9.17, 15) is 18.4 Å². The molecule has 37 heavy (non-hydrogen) atoms. The Morgan fingerprint density at radius 3 is 2.51 bits per heavy atom. The largest absolute Gasteiger partial charge is 0.452 e. The summed E-state index contributed by atoms with van der Waals surface area (Å²) in [5, 5.41) is 7.49. The first-order valence-electron chi connectivity index (χ1n) is 11.4. The van der Waals surface area contributed by atoms with Gasteiger partial charge >= 0.3 is 0 Å². The number of nitrogen functional groups attached to an aromatic ring is 1. The maximum Gasteiger partial charge on any atom is 0.266 e. The summed E-state index contributed by atoms with van der Waals surface area (Å²) in [6.45, 7) is 3.41. The molecule has 0 aliphatic heterocycles. The molecular formula is C28H22F2N4O3. The fourth-order valence-corrected chi connectivity index (χ4v) is 4.35. The van der Waals surface area contributed by atoms with Gasteiger partial charge < -0.3 is 10.5 Å². The van der Waals surface area contributed by atoms with E-state index in [4.69, 9.17) is 10.5 Å². The summed E-state index contributed by atoms with van der Waals surface area (Å²) in [4.78, 5) is 26.5. The van der Waals surface area contributed by atoms with Crippen LogP contribution in [-0.2, 0) is 6.42 Å². The van der Waals surface area contributed by atoms with E-state index in [1.165, 1.54) is 41.0 Å². The number of nitrogens with one attached hydrogen (secondary N) is 1. The number of ether oxygens (including phenoxy) is 1. The molecule has 3 N–H and O–H groups in total. The molecule has 0 aliphatic rings. The van der Waals surface area contributed by atoms with Crippen LogP contribution in [0.15, 0.2) is 71.7 Å². The summed E-state index contributed by atoms with van der Waals surface area (Å²) in [5.74, 6) is -1.36. The molecule has 5 aromatic rings. The number of hydrogen-bond acceptors (Lipinski definition) is 5. The van der Waals surface area contributed by atoms with Crippen LogP contribution >= 0.6 is 0 Å². The van der Waals surface area contributed by atoms with E-state index in [0.717, 1.165) is 10.9 Å². The second-order valence-corrected chi connectivity index (χ2v) is 8.77. The topological polar surface area (TPSA) is 103 Å². The normalized spacial score (nSPS) is 11.1. The summed E-state index contributed by atoms with van der Waals surface area (Å²) >= 11 is 0. The van der Waals surface area contributed by atoms with Crippen LogP contribution in [0.1, 0.15) is 27.2 Å². The highest BCUT2D eigenvalue weighted by Gasteiger charge is 2.20. The third kappa shape index (κ3) is 4.58. The number of aryl methyl sites for hydroxylation is 2. The van der Waals surface area contributed by atoms with Crippen molar-refractivity contribution in [3.05, 3.63) is 111 Å². The minimum atomic E-state index is -0.679. The Hall–Kier alpha value is -4.79. The Labute approximate surface area is 210 Å². The third-order valence-electron chi connectivity index (χ3n) is 6.10. The van der Waals surface area contributed by atoms with Crippen LogP contribution in [-0.4, -0.2) is 20.5 Å². The van der Waals surface area contributed by atoms with Crippen LogP contribution in [0.4, 0.5) is 14.5 Å². The highest BCUT2D eigenvalue weighted by Crippen LogP contribution is 2.32. The molecule has 0 bridgehead atoms. The number of nitrogens with two attached hydrogens (primary N) is 1. The SMILES string of the molecule is Cc1cc(C)n(-c2ccc(F)cc2)c(=O)c1C(=O)Cc1ccc(Oc2cc3cn[nH]c3cc2N)c(F)c1.